The van der Waals surface area contributed by atoms with Crippen molar-refractivity contribution in [3.63, 3.8) is 0 Å². The second-order valence-electron chi connectivity index (χ2n) is 5.01. The van der Waals surface area contributed by atoms with Gasteiger partial charge in [0.05, 0.1) is 0 Å². The van der Waals surface area contributed by atoms with Crippen LogP contribution < -0.4 is 10.0 Å². The predicted octanol–water partition coefficient (Wildman–Crippen LogP) is 2.24. The van der Waals surface area contributed by atoms with Crippen molar-refractivity contribution in [2.45, 2.75) is 31.9 Å². The van der Waals surface area contributed by atoms with E-state index < -0.39 is 21.6 Å². The second kappa shape index (κ2) is 7.24. The number of sulfonamides is 1. The fraction of sp³-hybridized carbons (Fsp3) is 0.538. The Morgan fingerprint density at radius 1 is 1.14 bits per heavy atom. The van der Waals surface area contributed by atoms with Gasteiger partial charge in [-0.05, 0) is 11.5 Å². The van der Waals surface area contributed by atoms with E-state index in [4.69, 9.17) is 0 Å². The zero-order valence-corrected chi connectivity index (χ0v) is 12.6. The number of rotatable bonds is 7. The Bertz CT molecular complexity index is 530. The van der Waals surface area contributed by atoms with Gasteiger partial charge in [0.15, 0.2) is 0 Å². The summed E-state index contributed by atoms with van der Waals surface area (Å²) in [4.78, 5) is 0. The quantitative estimate of drug-likeness (QED) is 0.809. The summed E-state index contributed by atoms with van der Waals surface area (Å²) in [5, 5.41) is 3.07. The van der Waals surface area contributed by atoms with Crippen molar-refractivity contribution in [3.05, 3.63) is 35.9 Å². The van der Waals surface area contributed by atoms with Crippen LogP contribution in [0.1, 0.15) is 19.4 Å². The van der Waals surface area contributed by atoms with Gasteiger partial charge in [-0.1, -0.05) is 44.2 Å². The third-order valence-corrected chi connectivity index (χ3v) is 4.17. The van der Waals surface area contributed by atoms with E-state index in [0.29, 0.717) is 6.54 Å². The molecule has 0 fully saturated rings. The summed E-state index contributed by atoms with van der Waals surface area (Å²) in [7, 11) is -5.30. The molecule has 1 rings (SSSR count). The van der Waals surface area contributed by atoms with Crippen LogP contribution in [0.3, 0.4) is 0 Å². The first-order valence-corrected chi connectivity index (χ1v) is 7.95. The van der Waals surface area contributed by atoms with Gasteiger partial charge in [0.1, 0.15) is 0 Å². The van der Waals surface area contributed by atoms with Gasteiger partial charge in [-0.2, -0.15) is 13.2 Å². The van der Waals surface area contributed by atoms with Gasteiger partial charge in [0.2, 0.25) is 0 Å². The van der Waals surface area contributed by atoms with Crippen molar-refractivity contribution in [1.82, 2.24) is 10.0 Å². The first kappa shape index (κ1) is 17.9. The molecular weight excluding hydrogens is 305 g/mol. The molecule has 1 aromatic rings. The first-order chi connectivity index (χ1) is 9.63. The summed E-state index contributed by atoms with van der Waals surface area (Å²) < 4.78 is 60.4. The molecule has 0 heterocycles. The largest absolute Gasteiger partial charge is 0.511 e. The number of nitrogens with one attached hydrogen (secondary N) is 2. The molecule has 0 aliphatic carbocycles. The van der Waals surface area contributed by atoms with Crippen LogP contribution in [0.25, 0.3) is 0 Å². The first-order valence-electron chi connectivity index (χ1n) is 6.46. The normalized spacial score (nSPS) is 14.4. The Hall–Kier alpha value is -1.12. The smallest absolute Gasteiger partial charge is 0.308 e. The summed E-state index contributed by atoms with van der Waals surface area (Å²) in [6.07, 6.45) is 0. The molecule has 0 unspecified atom stereocenters. The fourth-order valence-electron chi connectivity index (χ4n) is 1.67. The van der Waals surface area contributed by atoms with E-state index in [1.165, 1.54) is 0 Å². The maximum absolute atomic E-state index is 12.3. The highest BCUT2D eigenvalue weighted by Gasteiger charge is 2.45. The molecule has 0 aromatic heterocycles. The minimum atomic E-state index is -5.30. The van der Waals surface area contributed by atoms with Gasteiger partial charge in [-0.3, -0.25) is 0 Å². The highest BCUT2D eigenvalue weighted by molar-refractivity contribution is 7.90. The molecule has 0 spiro atoms. The van der Waals surface area contributed by atoms with Crippen molar-refractivity contribution in [2.75, 3.05) is 6.54 Å². The predicted molar refractivity (Wildman–Crippen MR) is 74.9 cm³/mol. The number of hydrogen-bond acceptors (Lipinski definition) is 3. The van der Waals surface area contributed by atoms with E-state index in [2.05, 4.69) is 5.32 Å². The lowest BCUT2D eigenvalue weighted by Crippen LogP contribution is -2.46. The number of benzene rings is 1. The monoisotopic (exact) mass is 324 g/mol. The fourth-order valence-corrected chi connectivity index (χ4v) is 2.23. The summed E-state index contributed by atoms with van der Waals surface area (Å²) in [6, 6.07) is 8.93. The average Bonchev–Trinajstić information content (AvgIpc) is 2.38. The molecule has 0 saturated carbocycles. The standard InChI is InChI=1S/C13H19F3N2O2S/c1-10(2)12(9-18-21(19,20)13(14,15)16)17-8-11-6-4-3-5-7-11/h3-7,10,12,17-18H,8-9H2,1-2H3/t12-/m1/s1. The van der Waals surface area contributed by atoms with Gasteiger partial charge in [0.25, 0.3) is 0 Å². The summed E-state index contributed by atoms with van der Waals surface area (Å²) in [6.45, 7) is 3.76. The van der Waals surface area contributed by atoms with Crippen molar-refractivity contribution >= 4 is 10.0 Å². The topological polar surface area (TPSA) is 58.2 Å². The lowest BCUT2D eigenvalue weighted by molar-refractivity contribution is -0.0448. The zero-order chi connectivity index (χ0) is 16.1. The van der Waals surface area contributed by atoms with E-state index in [1.54, 1.807) is 4.72 Å². The number of hydrogen-bond donors (Lipinski definition) is 2. The number of halogens is 3. The molecule has 4 nitrogen and oxygen atoms in total. The molecule has 8 heteroatoms. The Labute approximate surface area is 122 Å². The van der Waals surface area contributed by atoms with E-state index >= 15 is 0 Å². The molecule has 0 radical (unpaired) electrons. The molecule has 0 saturated heterocycles. The van der Waals surface area contributed by atoms with E-state index in [0.717, 1.165) is 5.56 Å². The summed E-state index contributed by atoms with van der Waals surface area (Å²) >= 11 is 0. The summed E-state index contributed by atoms with van der Waals surface area (Å²) in [5.74, 6) is -0.0235. The lowest BCUT2D eigenvalue weighted by Gasteiger charge is -2.23. The second-order valence-corrected chi connectivity index (χ2v) is 6.77. The minimum Gasteiger partial charge on any atom is -0.308 e. The van der Waals surface area contributed by atoms with E-state index in [1.807, 2.05) is 44.2 Å². The Kier molecular flexibility index (Phi) is 6.18. The molecule has 120 valence electrons. The molecule has 0 aliphatic heterocycles. The van der Waals surface area contributed by atoms with Gasteiger partial charge >= 0.3 is 15.5 Å². The molecule has 1 aromatic carbocycles. The van der Waals surface area contributed by atoms with Crippen LogP contribution >= 0.6 is 0 Å². The third kappa shape index (κ3) is 5.64. The Morgan fingerprint density at radius 2 is 1.71 bits per heavy atom. The van der Waals surface area contributed by atoms with Crippen LogP contribution in [-0.4, -0.2) is 26.5 Å². The van der Waals surface area contributed by atoms with Crippen LogP contribution in [0, 0.1) is 5.92 Å². The molecular formula is C13H19F3N2O2S. The molecule has 2 N–H and O–H groups in total. The SMILES string of the molecule is CC(C)[C@@H](CNS(=O)(=O)C(F)(F)F)NCc1ccccc1. The number of alkyl halides is 3. The molecule has 21 heavy (non-hydrogen) atoms. The minimum absolute atomic E-state index is 0.0235. The van der Waals surface area contributed by atoms with Crippen LogP contribution in [-0.2, 0) is 16.6 Å². The van der Waals surface area contributed by atoms with Gasteiger partial charge in [-0.15, -0.1) is 0 Å². The highest BCUT2D eigenvalue weighted by atomic mass is 32.2. The zero-order valence-electron chi connectivity index (χ0n) is 11.8. The van der Waals surface area contributed by atoms with E-state index in [9.17, 15) is 21.6 Å². The summed E-state index contributed by atoms with van der Waals surface area (Å²) in [5.41, 5.74) is -4.31. The lowest BCUT2D eigenvalue weighted by atomic mass is 10.0. The molecule has 0 amide bonds. The van der Waals surface area contributed by atoms with Crippen LogP contribution in [0.5, 0.6) is 0 Å². The Morgan fingerprint density at radius 3 is 2.19 bits per heavy atom. The molecule has 0 bridgehead atoms. The van der Waals surface area contributed by atoms with E-state index in [-0.39, 0.29) is 12.5 Å². The van der Waals surface area contributed by atoms with Crippen molar-refractivity contribution < 1.29 is 21.6 Å². The van der Waals surface area contributed by atoms with Gasteiger partial charge in [-0.25, -0.2) is 13.1 Å². The van der Waals surface area contributed by atoms with Crippen LogP contribution in [0.2, 0.25) is 0 Å². The van der Waals surface area contributed by atoms with Gasteiger partial charge < -0.3 is 5.32 Å². The molecule has 0 aliphatic rings. The molecule has 1 atom stereocenters. The van der Waals surface area contributed by atoms with Gasteiger partial charge in [0, 0.05) is 19.1 Å². The van der Waals surface area contributed by atoms with Crippen molar-refractivity contribution in [3.8, 4) is 0 Å². The van der Waals surface area contributed by atoms with Crippen molar-refractivity contribution in [2.24, 2.45) is 5.92 Å². The van der Waals surface area contributed by atoms with Crippen LogP contribution in [0.15, 0.2) is 30.3 Å². The average molecular weight is 324 g/mol. The van der Waals surface area contributed by atoms with Crippen LogP contribution in [0.4, 0.5) is 13.2 Å². The Balaban J connectivity index is 2.59. The maximum atomic E-state index is 12.3. The highest BCUT2D eigenvalue weighted by Crippen LogP contribution is 2.21. The maximum Gasteiger partial charge on any atom is 0.511 e. The third-order valence-electron chi connectivity index (χ3n) is 3.01. The van der Waals surface area contributed by atoms with Crippen molar-refractivity contribution in [1.29, 1.82) is 0 Å².